The van der Waals surface area contributed by atoms with Gasteiger partial charge in [-0.15, -0.1) is 0 Å². The van der Waals surface area contributed by atoms with Gasteiger partial charge in [0.15, 0.2) is 0 Å². The second kappa shape index (κ2) is 8.16. The summed E-state index contributed by atoms with van der Waals surface area (Å²) in [6.07, 6.45) is -0.172. The molecule has 1 aromatic carbocycles. The van der Waals surface area contributed by atoms with E-state index in [0.29, 0.717) is 5.56 Å². The van der Waals surface area contributed by atoms with Gasteiger partial charge in [0.05, 0.1) is 4.91 Å². The molecule has 0 amide bonds. The normalized spacial score (nSPS) is 13.3. The molecule has 11 heteroatoms. The minimum absolute atomic E-state index is 0.0630. The van der Waals surface area contributed by atoms with E-state index in [4.69, 9.17) is 24.5 Å². The summed E-state index contributed by atoms with van der Waals surface area (Å²) in [5, 5.41) is 8.52. The maximum absolute atomic E-state index is 10.5. The van der Waals surface area contributed by atoms with Gasteiger partial charge in [-0.05, 0) is 12.0 Å². The zero-order valence-corrected chi connectivity index (χ0v) is 11.4. The van der Waals surface area contributed by atoms with Crippen LogP contribution in [0, 0.1) is 4.91 Å². The molecule has 0 radical (unpaired) electrons. The zero-order valence-electron chi connectivity index (χ0n) is 9.54. The smallest absolute Gasteiger partial charge is 0.316 e. The molecule has 0 saturated heterocycles. The van der Waals surface area contributed by atoms with Gasteiger partial charge in [0, 0.05) is 18.3 Å². The second-order valence-electron chi connectivity index (χ2n) is 3.33. The van der Waals surface area contributed by atoms with Crippen molar-refractivity contribution in [3.05, 3.63) is 34.7 Å². The predicted octanol–water partition coefficient (Wildman–Crippen LogP) is -0.0649. The van der Waals surface area contributed by atoms with Gasteiger partial charge in [0.25, 0.3) is 4.92 Å². The van der Waals surface area contributed by atoms with E-state index in [9.17, 15) is 14.4 Å². The fourth-order valence-electron chi connectivity index (χ4n) is 1.06. The zero-order chi connectivity index (χ0) is 15.1. The summed E-state index contributed by atoms with van der Waals surface area (Å²) >= 11 is 0. The van der Waals surface area contributed by atoms with Crippen molar-refractivity contribution in [1.82, 2.24) is 0 Å². The van der Waals surface area contributed by atoms with Crippen LogP contribution in [0.4, 0.5) is 5.69 Å². The maximum Gasteiger partial charge on any atom is 0.316 e. The molecule has 0 aromatic heterocycles. The Hall–Kier alpha value is -1.08. The standard InChI is InChI=1S/C8H10NO5P.H3O3P/c10-9(11)8-3-1-7(2-4-8)5-6-15(12,13)14;1-4(2)3/h1-4H,5-6H2,(H2-,10,11,12,13,14);4H,(H2,1,2,3). The third-order valence-electron chi connectivity index (χ3n) is 1.84. The number of hydrogen-bond acceptors (Lipinski definition) is 4. The minimum Gasteiger partial charge on any atom is -0.779 e. The van der Waals surface area contributed by atoms with Crippen LogP contribution in [0.3, 0.4) is 0 Å². The monoisotopic (exact) mass is 313 g/mol. The van der Waals surface area contributed by atoms with Crippen LogP contribution in [-0.2, 0) is 15.6 Å². The Morgan fingerprint density at radius 3 is 2.00 bits per heavy atom. The van der Waals surface area contributed by atoms with E-state index < -0.39 is 15.9 Å². The van der Waals surface area contributed by atoms with Gasteiger partial charge in [0.2, 0.25) is 0 Å². The lowest BCUT2D eigenvalue weighted by molar-refractivity contribution is -0.729. The number of nitrogens with zero attached hydrogens (tertiary/aromatic N) is 1. The van der Waals surface area contributed by atoms with E-state index in [-0.39, 0.29) is 23.2 Å². The van der Waals surface area contributed by atoms with Crippen LogP contribution in [0.2, 0.25) is 0 Å². The lowest BCUT2D eigenvalue weighted by Gasteiger charge is -2.14. The molecule has 0 saturated carbocycles. The molecule has 9 nitrogen and oxygen atoms in total. The molecule has 0 fully saturated rings. The Kier molecular flexibility index (Phi) is 7.70. The predicted molar refractivity (Wildman–Crippen MR) is 63.4 cm³/mol. The van der Waals surface area contributed by atoms with Crippen LogP contribution >= 0.6 is 15.9 Å². The molecule has 0 aliphatic heterocycles. The molecule has 1 atom stereocenters. The van der Waals surface area contributed by atoms with Gasteiger partial charge in [0.1, 0.15) is 7.60 Å². The third kappa shape index (κ3) is 10.5. The second-order valence-corrected chi connectivity index (χ2v) is 5.62. The highest BCUT2D eigenvalue weighted by molar-refractivity contribution is 7.50. The summed E-state index contributed by atoms with van der Waals surface area (Å²) in [4.78, 5) is 43.4. The van der Waals surface area contributed by atoms with E-state index in [1.807, 2.05) is 0 Å². The number of hydrogen-bond donors (Lipinski definition) is 4. The first-order valence-electron chi connectivity index (χ1n) is 4.81. The highest BCUT2D eigenvalue weighted by atomic mass is 31.2. The summed E-state index contributed by atoms with van der Waals surface area (Å²) in [7, 11) is -7.36. The van der Waals surface area contributed by atoms with Crippen LogP contribution in [0.15, 0.2) is 24.3 Å². The Labute approximate surface area is 108 Å². The third-order valence-corrected chi connectivity index (χ3v) is 2.63. The average Bonchev–Trinajstić information content (AvgIpc) is 2.25. The lowest BCUT2D eigenvalue weighted by Crippen LogP contribution is -2.05. The highest BCUT2D eigenvalue weighted by Gasteiger charge is 2.10. The first-order valence-corrected chi connectivity index (χ1v) is 7.88. The van der Waals surface area contributed by atoms with E-state index in [1.165, 1.54) is 24.3 Å². The highest BCUT2D eigenvalue weighted by Crippen LogP contribution is 2.29. The summed E-state index contributed by atoms with van der Waals surface area (Å²) in [5.74, 6) is 0. The van der Waals surface area contributed by atoms with Crippen molar-refractivity contribution in [1.29, 1.82) is 0 Å². The molecule has 1 rings (SSSR count). The molecule has 0 aliphatic carbocycles. The topological polar surface area (TPSA) is 158 Å². The van der Waals surface area contributed by atoms with Gasteiger partial charge in [-0.3, -0.25) is 4.57 Å². The SMILES string of the molecule is O=[N+](O)c1ccc(CCP(=O)([O-])O)cc1.O=[PH](O)O. The van der Waals surface area contributed by atoms with Crippen molar-refractivity contribution in [2.45, 2.75) is 6.42 Å². The number of benzene rings is 1. The van der Waals surface area contributed by atoms with Crippen LogP contribution in [0.5, 0.6) is 0 Å². The summed E-state index contributed by atoms with van der Waals surface area (Å²) in [5.41, 5.74) is 0.721. The molecule has 19 heavy (non-hydrogen) atoms. The van der Waals surface area contributed by atoms with Crippen molar-refractivity contribution in [2.24, 2.45) is 0 Å². The van der Waals surface area contributed by atoms with Crippen LogP contribution in [0.1, 0.15) is 5.56 Å². The van der Waals surface area contributed by atoms with Crippen LogP contribution < -0.4 is 4.89 Å². The Bertz CT molecular complexity index is 478. The Morgan fingerprint density at radius 2 is 1.68 bits per heavy atom. The largest absolute Gasteiger partial charge is 0.779 e. The molecule has 1 unspecified atom stereocenters. The molecule has 1 aromatic rings. The van der Waals surface area contributed by atoms with Gasteiger partial charge in [-0.1, -0.05) is 12.1 Å². The quantitative estimate of drug-likeness (QED) is 0.444. The molecule has 0 bridgehead atoms. The van der Waals surface area contributed by atoms with Gasteiger partial charge < -0.3 is 24.1 Å². The fraction of sp³-hybridized carbons (Fsp3) is 0.250. The molecule has 0 aliphatic rings. The molecule has 4 N–H and O–H groups in total. The van der Waals surface area contributed by atoms with E-state index in [0.717, 1.165) is 0 Å². The first-order chi connectivity index (χ1) is 8.61. The molecular formula is C8H13NO8P2. The minimum atomic E-state index is -4.23. The van der Waals surface area contributed by atoms with Crippen molar-refractivity contribution >= 4 is 21.5 Å². The first kappa shape index (κ1) is 17.9. The van der Waals surface area contributed by atoms with Crippen LogP contribution in [-0.4, -0.2) is 31.0 Å². The molecule has 108 valence electrons. The summed E-state index contributed by atoms with van der Waals surface area (Å²) < 4.78 is 19.2. The Morgan fingerprint density at radius 1 is 1.26 bits per heavy atom. The average molecular weight is 313 g/mol. The summed E-state index contributed by atoms with van der Waals surface area (Å²) in [6, 6.07) is 5.73. The number of rotatable bonds is 4. The van der Waals surface area contributed by atoms with Gasteiger partial charge >= 0.3 is 13.9 Å². The lowest BCUT2D eigenvalue weighted by atomic mass is 10.1. The molecular weight excluding hydrogens is 300 g/mol. The van der Waals surface area contributed by atoms with Crippen molar-refractivity contribution < 1.29 is 38.8 Å². The van der Waals surface area contributed by atoms with E-state index in [1.54, 1.807) is 0 Å². The number of aryl methyl sites for hydroxylation is 1. The van der Waals surface area contributed by atoms with Gasteiger partial charge in [-0.2, -0.15) is 0 Å². The van der Waals surface area contributed by atoms with E-state index in [2.05, 4.69) is 0 Å². The molecule has 0 heterocycles. The maximum atomic E-state index is 10.5. The van der Waals surface area contributed by atoms with Crippen molar-refractivity contribution in [2.75, 3.05) is 6.16 Å². The van der Waals surface area contributed by atoms with E-state index >= 15 is 0 Å². The van der Waals surface area contributed by atoms with Crippen molar-refractivity contribution in [3.8, 4) is 0 Å². The summed E-state index contributed by atoms with van der Waals surface area (Å²) in [6.45, 7) is 0. The van der Waals surface area contributed by atoms with Crippen molar-refractivity contribution in [3.63, 3.8) is 0 Å². The van der Waals surface area contributed by atoms with Gasteiger partial charge in [-0.25, -0.2) is 5.21 Å². The van der Waals surface area contributed by atoms with Crippen LogP contribution in [0.25, 0.3) is 0 Å². The molecule has 0 spiro atoms. The fourth-order valence-corrected chi connectivity index (χ4v) is 1.60. The Balaban J connectivity index is 0.000000711.